The van der Waals surface area contributed by atoms with Gasteiger partial charge in [-0.1, -0.05) is 6.92 Å². The number of aryl methyl sites for hydroxylation is 1. The highest BCUT2D eigenvalue weighted by Gasteiger charge is 2.66. The Hall–Kier alpha value is -1.46. The smallest absolute Gasteiger partial charge is 0.306 e. The first-order chi connectivity index (χ1) is 9.66. The van der Waals surface area contributed by atoms with E-state index >= 15 is 0 Å². The van der Waals surface area contributed by atoms with Crippen LogP contribution in [-0.2, 0) is 11.3 Å². The molecule has 1 aromatic heterocycles. The van der Waals surface area contributed by atoms with Crippen molar-refractivity contribution in [3.05, 3.63) is 5.82 Å². The molecule has 0 radical (unpaired) electrons. The molecule has 5 unspecified atom stereocenters. The topological polar surface area (TPSA) is 80.9 Å². The number of nitrogens with zero attached hydrogens (tertiary/aromatic N) is 4. The number of carboxylic acids is 1. The van der Waals surface area contributed by atoms with Gasteiger partial charge in [0.25, 0.3) is 0 Å². The van der Waals surface area contributed by atoms with Crippen molar-refractivity contribution in [2.75, 3.05) is 0 Å². The molecule has 3 saturated carbocycles. The molecule has 2 bridgehead atoms. The van der Waals surface area contributed by atoms with E-state index < -0.39 is 5.97 Å². The van der Waals surface area contributed by atoms with Crippen molar-refractivity contribution in [1.82, 2.24) is 20.2 Å². The van der Waals surface area contributed by atoms with Crippen molar-refractivity contribution in [2.24, 2.45) is 29.6 Å². The number of fused-ring (bicyclic) bond motifs is 5. The van der Waals surface area contributed by atoms with Crippen LogP contribution < -0.4 is 0 Å². The third-order valence-electron chi connectivity index (χ3n) is 5.79. The minimum atomic E-state index is -0.749. The summed E-state index contributed by atoms with van der Waals surface area (Å²) < 4.78 is 1.85. The zero-order chi connectivity index (χ0) is 13.9. The number of carbonyl (C=O) groups is 1. The second kappa shape index (κ2) is 4.27. The van der Waals surface area contributed by atoms with Crippen LogP contribution in [0.5, 0.6) is 0 Å². The summed E-state index contributed by atoms with van der Waals surface area (Å²) in [6, 6.07) is 0. The monoisotopic (exact) mass is 276 g/mol. The minimum absolute atomic E-state index is 0.345. The second-order valence-electron chi connectivity index (χ2n) is 6.80. The fourth-order valence-corrected chi connectivity index (χ4v) is 4.72. The number of carboxylic acid groups (broad SMARTS) is 1. The first-order valence-corrected chi connectivity index (χ1v) is 7.65. The highest BCUT2D eigenvalue weighted by Crippen LogP contribution is 2.72. The van der Waals surface area contributed by atoms with Crippen LogP contribution in [0.3, 0.4) is 0 Å². The molecule has 0 amide bonds. The van der Waals surface area contributed by atoms with Gasteiger partial charge in [-0.05, 0) is 59.8 Å². The fourth-order valence-electron chi connectivity index (χ4n) is 4.72. The van der Waals surface area contributed by atoms with E-state index in [1.807, 2.05) is 4.68 Å². The molecule has 6 nitrogen and oxygen atoms in total. The summed E-state index contributed by atoms with van der Waals surface area (Å²) in [4.78, 5) is 10.9. The second-order valence-corrected chi connectivity index (χ2v) is 6.80. The average Bonchev–Trinajstić information content (AvgIpc) is 2.85. The fraction of sp³-hybridized carbons (Fsp3) is 0.857. The number of hydrogen-bond donors (Lipinski definition) is 1. The molecule has 1 N–H and O–H groups in total. The maximum Gasteiger partial charge on any atom is 0.306 e. The Morgan fingerprint density at radius 1 is 1.40 bits per heavy atom. The van der Waals surface area contributed by atoms with Crippen molar-refractivity contribution < 1.29 is 9.90 Å². The molecule has 1 aromatic rings. The molecule has 3 aliphatic carbocycles. The van der Waals surface area contributed by atoms with Crippen LogP contribution in [-0.4, -0.2) is 31.3 Å². The van der Waals surface area contributed by atoms with Gasteiger partial charge in [-0.3, -0.25) is 4.79 Å². The Labute approximate surface area is 117 Å². The molecule has 0 spiro atoms. The lowest BCUT2D eigenvalue weighted by molar-refractivity contribution is -0.141. The van der Waals surface area contributed by atoms with Gasteiger partial charge in [-0.15, -0.1) is 5.10 Å². The maximum atomic E-state index is 10.9. The summed E-state index contributed by atoms with van der Waals surface area (Å²) in [6.45, 7) is 2.35. The molecule has 3 fully saturated rings. The highest BCUT2D eigenvalue weighted by atomic mass is 16.4. The Bertz CT molecular complexity index is 527. The van der Waals surface area contributed by atoms with E-state index in [4.69, 9.17) is 5.11 Å². The van der Waals surface area contributed by atoms with E-state index in [1.54, 1.807) is 6.92 Å². The lowest BCUT2D eigenvalue weighted by Crippen LogP contribution is -2.15. The van der Waals surface area contributed by atoms with E-state index in [0.29, 0.717) is 18.9 Å². The summed E-state index contributed by atoms with van der Waals surface area (Å²) in [6.07, 6.45) is 4.78. The van der Waals surface area contributed by atoms with Crippen LogP contribution in [0.4, 0.5) is 0 Å². The van der Waals surface area contributed by atoms with Gasteiger partial charge in [0.2, 0.25) is 0 Å². The number of hydrogen-bond acceptors (Lipinski definition) is 4. The van der Waals surface area contributed by atoms with Gasteiger partial charge in [0.15, 0.2) is 5.82 Å². The summed E-state index contributed by atoms with van der Waals surface area (Å²) in [5, 5.41) is 21.1. The van der Waals surface area contributed by atoms with Crippen LogP contribution >= 0.6 is 0 Å². The van der Waals surface area contributed by atoms with Gasteiger partial charge in [0, 0.05) is 12.5 Å². The van der Waals surface area contributed by atoms with Gasteiger partial charge < -0.3 is 5.11 Å². The Morgan fingerprint density at radius 2 is 2.10 bits per heavy atom. The zero-order valence-corrected chi connectivity index (χ0v) is 11.6. The van der Waals surface area contributed by atoms with Crippen LogP contribution in [0.15, 0.2) is 0 Å². The number of aromatic nitrogens is 4. The van der Waals surface area contributed by atoms with Gasteiger partial charge >= 0.3 is 5.97 Å². The molecule has 1 heterocycles. The summed E-state index contributed by atoms with van der Waals surface area (Å²) >= 11 is 0. The van der Waals surface area contributed by atoms with Crippen LogP contribution in [0, 0.1) is 29.6 Å². The lowest BCUT2D eigenvalue weighted by Gasteiger charge is -2.10. The molecule has 20 heavy (non-hydrogen) atoms. The molecule has 4 rings (SSSR count). The third-order valence-corrected chi connectivity index (χ3v) is 5.79. The SMILES string of the molecule is CC(CCn1nnnc1C1C2C3CCC(C3)C12)C(=O)O. The molecule has 3 aliphatic rings. The first-order valence-electron chi connectivity index (χ1n) is 7.65. The average molecular weight is 276 g/mol. The summed E-state index contributed by atoms with van der Waals surface area (Å²) in [7, 11) is 0. The van der Waals surface area contributed by atoms with Crippen LogP contribution in [0.1, 0.15) is 44.3 Å². The summed E-state index contributed by atoms with van der Waals surface area (Å²) in [5.41, 5.74) is 0. The van der Waals surface area contributed by atoms with Crippen molar-refractivity contribution in [1.29, 1.82) is 0 Å². The van der Waals surface area contributed by atoms with Crippen molar-refractivity contribution in [3.63, 3.8) is 0 Å². The quantitative estimate of drug-likeness (QED) is 0.882. The van der Waals surface area contributed by atoms with Crippen molar-refractivity contribution in [2.45, 2.75) is 45.1 Å². The van der Waals surface area contributed by atoms with Gasteiger partial charge in [-0.2, -0.15) is 0 Å². The molecule has 6 heteroatoms. The van der Waals surface area contributed by atoms with Gasteiger partial charge in [0.1, 0.15) is 0 Å². The normalized spacial score (nSPS) is 38.8. The Kier molecular flexibility index (Phi) is 2.62. The van der Waals surface area contributed by atoms with E-state index in [0.717, 1.165) is 29.5 Å². The lowest BCUT2D eigenvalue weighted by atomic mass is 10.0. The standard InChI is InChI=1S/C14H20N4O2/c1-7(14(19)20)4-5-18-13(15-16-17-18)12-10-8-2-3-9(6-8)11(10)12/h7-12H,2-6H2,1H3,(H,19,20). The largest absolute Gasteiger partial charge is 0.481 e. The number of tetrazole rings is 1. The van der Waals surface area contributed by atoms with E-state index in [1.165, 1.54) is 19.3 Å². The van der Waals surface area contributed by atoms with Gasteiger partial charge in [0.05, 0.1) is 5.92 Å². The molecule has 0 aliphatic heterocycles. The van der Waals surface area contributed by atoms with Crippen LogP contribution in [0.25, 0.3) is 0 Å². The number of rotatable bonds is 5. The highest BCUT2D eigenvalue weighted by molar-refractivity contribution is 5.69. The first kappa shape index (κ1) is 12.3. The maximum absolute atomic E-state index is 10.9. The number of aliphatic carboxylic acids is 1. The van der Waals surface area contributed by atoms with Crippen molar-refractivity contribution >= 4 is 5.97 Å². The van der Waals surface area contributed by atoms with Gasteiger partial charge in [-0.25, -0.2) is 4.68 Å². The minimum Gasteiger partial charge on any atom is -0.481 e. The van der Waals surface area contributed by atoms with E-state index in [9.17, 15) is 4.79 Å². The molecule has 0 aromatic carbocycles. The van der Waals surface area contributed by atoms with Crippen LogP contribution in [0.2, 0.25) is 0 Å². The summed E-state index contributed by atoms with van der Waals surface area (Å²) in [5.74, 6) is 3.90. The zero-order valence-electron chi connectivity index (χ0n) is 11.6. The Balaban J connectivity index is 1.46. The molecule has 108 valence electrons. The molecule has 5 atom stereocenters. The predicted octanol–water partition coefficient (Wildman–Crippen LogP) is 1.54. The predicted molar refractivity (Wildman–Crippen MR) is 69.8 cm³/mol. The van der Waals surface area contributed by atoms with E-state index in [2.05, 4.69) is 15.5 Å². The third kappa shape index (κ3) is 1.70. The molecule has 0 saturated heterocycles. The molecular formula is C14H20N4O2. The van der Waals surface area contributed by atoms with E-state index in [-0.39, 0.29) is 5.92 Å². The Morgan fingerprint density at radius 3 is 2.75 bits per heavy atom. The molecular weight excluding hydrogens is 256 g/mol. The van der Waals surface area contributed by atoms with Crippen molar-refractivity contribution in [3.8, 4) is 0 Å².